The van der Waals surface area contributed by atoms with Gasteiger partial charge >= 0.3 is 6.03 Å². The normalized spacial score (nSPS) is 20.7. The number of amides is 3. The summed E-state index contributed by atoms with van der Waals surface area (Å²) < 4.78 is 0. The second kappa shape index (κ2) is 8.74. The fourth-order valence-corrected chi connectivity index (χ4v) is 3.91. The van der Waals surface area contributed by atoms with E-state index in [0.29, 0.717) is 25.6 Å². The van der Waals surface area contributed by atoms with Crippen molar-refractivity contribution in [2.75, 3.05) is 31.7 Å². The largest absolute Gasteiger partial charge is 0.372 e. The average Bonchev–Trinajstić information content (AvgIpc) is 2.90. The van der Waals surface area contributed by atoms with Crippen LogP contribution in [0.5, 0.6) is 0 Å². The molecule has 0 aromatic heterocycles. The van der Waals surface area contributed by atoms with Gasteiger partial charge in [-0.2, -0.15) is 0 Å². The highest BCUT2D eigenvalue weighted by atomic mass is 16.2. The van der Waals surface area contributed by atoms with Crippen LogP contribution in [0, 0.1) is 5.92 Å². The second-order valence-corrected chi connectivity index (χ2v) is 8.27. The van der Waals surface area contributed by atoms with Crippen LogP contribution in [-0.4, -0.2) is 54.6 Å². The summed E-state index contributed by atoms with van der Waals surface area (Å²) in [5.74, 6) is 0.261. The lowest BCUT2D eigenvalue weighted by Gasteiger charge is -2.29. The highest BCUT2D eigenvalue weighted by Gasteiger charge is 2.38. The fourth-order valence-electron chi connectivity index (χ4n) is 3.91. The molecule has 2 aliphatic heterocycles. The Morgan fingerprint density at radius 1 is 1.11 bits per heavy atom. The van der Waals surface area contributed by atoms with Crippen molar-refractivity contribution in [3.05, 3.63) is 29.8 Å². The molecule has 6 heteroatoms. The van der Waals surface area contributed by atoms with E-state index in [1.165, 1.54) is 35.4 Å². The molecule has 1 N–H and O–H groups in total. The molecule has 2 heterocycles. The summed E-state index contributed by atoms with van der Waals surface area (Å²) in [6, 6.07) is 8.00. The number of nitrogens with zero attached hydrogens (tertiary/aromatic N) is 3. The lowest BCUT2D eigenvalue weighted by atomic mass is 10.0. The predicted molar refractivity (Wildman–Crippen MR) is 107 cm³/mol. The summed E-state index contributed by atoms with van der Waals surface area (Å²) in [6.45, 7) is 7.41. The molecule has 2 fully saturated rings. The average molecular weight is 373 g/mol. The summed E-state index contributed by atoms with van der Waals surface area (Å²) in [4.78, 5) is 30.4. The molecule has 0 bridgehead atoms. The number of hydrogen-bond acceptors (Lipinski definition) is 4. The van der Waals surface area contributed by atoms with Gasteiger partial charge in [-0.3, -0.25) is 9.69 Å². The van der Waals surface area contributed by atoms with Gasteiger partial charge in [0.2, 0.25) is 0 Å². The van der Waals surface area contributed by atoms with E-state index < -0.39 is 0 Å². The van der Waals surface area contributed by atoms with E-state index in [0.717, 1.165) is 13.1 Å². The first-order chi connectivity index (χ1) is 12.9. The lowest BCUT2D eigenvalue weighted by molar-refractivity contribution is -0.129. The lowest BCUT2D eigenvalue weighted by Crippen LogP contribution is -2.40. The molecule has 3 amide bonds. The maximum atomic E-state index is 12.5. The maximum Gasteiger partial charge on any atom is 0.325 e. The highest BCUT2D eigenvalue weighted by molar-refractivity contribution is 6.04. The third-order valence-electron chi connectivity index (χ3n) is 5.31. The van der Waals surface area contributed by atoms with Crippen molar-refractivity contribution in [1.82, 2.24) is 15.1 Å². The molecule has 1 unspecified atom stereocenters. The van der Waals surface area contributed by atoms with Gasteiger partial charge in [0.05, 0.1) is 6.67 Å². The van der Waals surface area contributed by atoms with Crippen molar-refractivity contribution in [2.45, 2.75) is 52.1 Å². The molecule has 0 aliphatic carbocycles. The van der Waals surface area contributed by atoms with Crippen LogP contribution in [0.1, 0.15) is 45.1 Å². The minimum atomic E-state index is -0.380. The van der Waals surface area contributed by atoms with Gasteiger partial charge in [-0.15, -0.1) is 0 Å². The second-order valence-electron chi connectivity index (χ2n) is 8.27. The standard InChI is InChI=1S/C21H32N4O2/c1-16(2)13-19-20(26)25(21(27)22-19)15-23(3)14-17-7-9-18(10-8-17)24-11-5-4-6-12-24/h7-10,16,19H,4-6,11-15H2,1-3H3,(H,22,27). The first-order valence-electron chi connectivity index (χ1n) is 10.1. The minimum Gasteiger partial charge on any atom is -0.372 e. The molecule has 6 nitrogen and oxygen atoms in total. The fraction of sp³-hybridized carbons (Fsp3) is 0.619. The van der Waals surface area contributed by atoms with Gasteiger partial charge in [0.1, 0.15) is 6.04 Å². The van der Waals surface area contributed by atoms with E-state index in [-0.39, 0.29) is 18.0 Å². The van der Waals surface area contributed by atoms with Crippen molar-refractivity contribution in [3.8, 4) is 0 Å². The molecule has 148 valence electrons. The number of carbonyl (C=O) groups is 2. The molecule has 0 saturated carbocycles. The van der Waals surface area contributed by atoms with Crippen molar-refractivity contribution >= 4 is 17.6 Å². The number of benzene rings is 1. The Balaban J connectivity index is 1.53. The van der Waals surface area contributed by atoms with Gasteiger partial charge in [-0.25, -0.2) is 9.69 Å². The van der Waals surface area contributed by atoms with Crippen LogP contribution in [0.4, 0.5) is 10.5 Å². The molecule has 0 spiro atoms. The van der Waals surface area contributed by atoms with Gasteiger partial charge < -0.3 is 10.2 Å². The third kappa shape index (κ3) is 5.01. The van der Waals surface area contributed by atoms with E-state index in [1.54, 1.807) is 0 Å². The molecule has 2 aliphatic rings. The van der Waals surface area contributed by atoms with Crippen LogP contribution in [-0.2, 0) is 11.3 Å². The Morgan fingerprint density at radius 2 is 1.78 bits per heavy atom. The number of anilines is 1. The molecule has 27 heavy (non-hydrogen) atoms. The number of hydrogen-bond donors (Lipinski definition) is 1. The van der Waals surface area contributed by atoms with E-state index in [9.17, 15) is 9.59 Å². The van der Waals surface area contributed by atoms with Gasteiger partial charge in [0.15, 0.2) is 0 Å². The van der Waals surface area contributed by atoms with Crippen molar-refractivity contribution in [2.24, 2.45) is 5.92 Å². The van der Waals surface area contributed by atoms with E-state index in [2.05, 4.69) is 48.3 Å². The summed E-state index contributed by atoms with van der Waals surface area (Å²) in [5, 5.41) is 2.80. The molecule has 1 aromatic rings. The Hall–Kier alpha value is -2.08. The van der Waals surface area contributed by atoms with Crippen molar-refractivity contribution in [3.63, 3.8) is 0 Å². The minimum absolute atomic E-state index is 0.110. The zero-order chi connectivity index (χ0) is 19.4. The Bertz CT molecular complexity index is 653. The van der Waals surface area contributed by atoms with Gasteiger partial charge in [0, 0.05) is 25.3 Å². The molecule has 0 radical (unpaired) electrons. The number of piperidine rings is 1. The summed E-state index contributed by atoms with van der Waals surface area (Å²) in [5.41, 5.74) is 2.47. The number of carbonyl (C=O) groups excluding carboxylic acids is 2. The molecular weight excluding hydrogens is 340 g/mol. The van der Waals surface area contributed by atoms with E-state index in [1.807, 2.05) is 11.9 Å². The molecular formula is C21H32N4O2. The quantitative estimate of drug-likeness (QED) is 0.748. The first kappa shape index (κ1) is 19.7. The topological polar surface area (TPSA) is 55.9 Å². The molecule has 2 saturated heterocycles. The van der Waals surface area contributed by atoms with E-state index >= 15 is 0 Å². The number of rotatable bonds is 7. The molecule has 3 rings (SSSR count). The number of nitrogens with one attached hydrogen (secondary N) is 1. The van der Waals surface area contributed by atoms with Crippen LogP contribution < -0.4 is 10.2 Å². The zero-order valence-electron chi connectivity index (χ0n) is 16.8. The summed E-state index contributed by atoms with van der Waals surface area (Å²) >= 11 is 0. The van der Waals surface area contributed by atoms with Crippen molar-refractivity contribution in [1.29, 1.82) is 0 Å². The van der Waals surface area contributed by atoms with Crippen LogP contribution in [0.2, 0.25) is 0 Å². The zero-order valence-corrected chi connectivity index (χ0v) is 16.8. The van der Waals surface area contributed by atoms with E-state index in [4.69, 9.17) is 0 Å². The van der Waals surface area contributed by atoms with Crippen molar-refractivity contribution < 1.29 is 9.59 Å². The smallest absolute Gasteiger partial charge is 0.325 e. The highest BCUT2D eigenvalue weighted by Crippen LogP contribution is 2.21. The molecule has 1 aromatic carbocycles. The van der Waals surface area contributed by atoms with Crippen LogP contribution in [0.25, 0.3) is 0 Å². The van der Waals surface area contributed by atoms with Gasteiger partial charge in [0.25, 0.3) is 5.91 Å². The Morgan fingerprint density at radius 3 is 2.41 bits per heavy atom. The first-order valence-corrected chi connectivity index (χ1v) is 10.1. The maximum absolute atomic E-state index is 12.5. The predicted octanol–water partition coefficient (Wildman–Crippen LogP) is 3.03. The monoisotopic (exact) mass is 372 g/mol. The Kier molecular flexibility index (Phi) is 6.37. The summed E-state index contributed by atoms with van der Waals surface area (Å²) in [6.07, 6.45) is 4.56. The van der Waals surface area contributed by atoms with Crippen LogP contribution >= 0.6 is 0 Å². The van der Waals surface area contributed by atoms with Gasteiger partial charge in [-0.05, 0) is 56.3 Å². The van der Waals surface area contributed by atoms with Crippen LogP contribution in [0.15, 0.2) is 24.3 Å². The van der Waals surface area contributed by atoms with Gasteiger partial charge in [-0.1, -0.05) is 26.0 Å². The SMILES string of the molecule is CC(C)CC1NC(=O)N(CN(C)Cc2ccc(N3CCCCC3)cc2)C1=O. The molecule has 1 atom stereocenters. The number of imide groups is 1. The van der Waals surface area contributed by atoms with Crippen LogP contribution in [0.3, 0.4) is 0 Å². The summed E-state index contributed by atoms with van der Waals surface area (Å²) in [7, 11) is 1.94. The third-order valence-corrected chi connectivity index (χ3v) is 5.31. The number of urea groups is 1. The Labute approximate surface area is 162 Å².